The van der Waals surface area contributed by atoms with Crippen LogP contribution in [0.2, 0.25) is 0 Å². The number of nitrogens with one attached hydrogen (secondary N) is 1. The van der Waals surface area contributed by atoms with Crippen molar-refractivity contribution >= 4 is 51.4 Å². The molecule has 2 aromatic carbocycles. The van der Waals surface area contributed by atoms with Gasteiger partial charge in [-0.25, -0.2) is 12.4 Å². The topological polar surface area (TPSA) is 54.3 Å². The highest BCUT2D eigenvalue weighted by atomic mass is 35.5. The molecule has 4 rings (SSSR count). The van der Waals surface area contributed by atoms with Crippen LogP contribution in [0.5, 0.6) is 0 Å². The molecule has 1 aromatic heterocycles. The van der Waals surface area contributed by atoms with Crippen molar-refractivity contribution in [1.29, 1.82) is 0 Å². The van der Waals surface area contributed by atoms with E-state index in [2.05, 4.69) is 16.3 Å². The van der Waals surface area contributed by atoms with E-state index in [-0.39, 0.29) is 24.8 Å². The third kappa shape index (κ3) is 3.55. The number of rotatable bonds is 3. The van der Waals surface area contributed by atoms with E-state index in [1.165, 1.54) is 3.97 Å². The summed E-state index contributed by atoms with van der Waals surface area (Å²) in [5.41, 5.74) is 1.81. The predicted molar refractivity (Wildman–Crippen MR) is 111 cm³/mol. The number of fused-ring (bicyclic) bond motifs is 1. The molecule has 0 radical (unpaired) electrons. The molecule has 0 aliphatic carbocycles. The minimum atomic E-state index is -3.58. The van der Waals surface area contributed by atoms with Gasteiger partial charge < -0.3 is 10.2 Å². The van der Waals surface area contributed by atoms with Crippen molar-refractivity contribution in [2.75, 3.05) is 31.1 Å². The summed E-state index contributed by atoms with van der Waals surface area (Å²) in [5, 5.41) is 4.31. The second-order valence-corrected chi connectivity index (χ2v) is 7.69. The summed E-state index contributed by atoms with van der Waals surface area (Å²) in [7, 11) is -3.58. The molecule has 1 aliphatic heterocycles. The molecule has 0 amide bonds. The Morgan fingerprint density at radius 1 is 0.846 bits per heavy atom. The zero-order chi connectivity index (χ0) is 16.6. The lowest BCUT2D eigenvalue weighted by Gasteiger charge is -2.30. The molecule has 1 N–H and O–H groups in total. The zero-order valence-corrected chi connectivity index (χ0v) is 16.5. The van der Waals surface area contributed by atoms with E-state index in [9.17, 15) is 8.42 Å². The maximum Gasteiger partial charge on any atom is 0.268 e. The smallest absolute Gasteiger partial charge is 0.268 e. The van der Waals surface area contributed by atoms with Crippen LogP contribution in [0, 0.1) is 0 Å². The molecule has 1 aliphatic rings. The van der Waals surface area contributed by atoms with Gasteiger partial charge in [0.05, 0.1) is 10.4 Å². The summed E-state index contributed by atoms with van der Waals surface area (Å²) < 4.78 is 27.3. The molecular weight excluding hydrogens is 393 g/mol. The van der Waals surface area contributed by atoms with Crippen LogP contribution in [0.25, 0.3) is 10.9 Å². The molecular formula is C18H21Cl2N3O2S. The molecule has 2 heterocycles. The van der Waals surface area contributed by atoms with Gasteiger partial charge in [-0.15, -0.1) is 24.8 Å². The standard InChI is InChI=1S/C18H19N3O2S.2ClH/c22-24(23,15-5-2-1-3-6-15)21-12-9-16-17(7-4-8-18(16)21)20-13-10-19-11-14-20;;/h1-9,12,19H,10-11,13-14H2;2*1H. The van der Waals surface area contributed by atoms with E-state index in [0.717, 1.165) is 42.8 Å². The summed E-state index contributed by atoms with van der Waals surface area (Å²) in [6.45, 7) is 3.74. The molecule has 26 heavy (non-hydrogen) atoms. The summed E-state index contributed by atoms with van der Waals surface area (Å²) in [6, 6.07) is 16.3. The Bertz CT molecular complexity index is 969. The van der Waals surface area contributed by atoms with Crippen molar-refractivity contribution in [3.05, 3.63) is 60.8 Å². The number of halogens is 2. The van der Waals surface area contributed by atoms with Crippen molar-refractivity contribution < 1.29 is 8.42 Å². The van der Waals surface area contributed by atoms with E-state index in [1.807, 2.05) is 24.3 Å². The van der Waals surface area contributed by atoms with E-state index in [4.69, 9.17) is 0 Å². The molecule has 0 spiro atoms. The van der Waals surface area contributed by atoms with Gasteiger partial charge in [0.2, 0.25) is 0 Å². The highest BCUT2D eigenvalue weighted by molar-refractivity contribution is 7.90. The Balaban J connectivity index is 0.00000121. The number of anilines is 1. The average Bonchev–Trinajstić information content (AvgIpc) is 3.08. The minimum absolute atomic E-state index is 0. The van der Waals surface area contributed by atoms with Gasteiger partial charge in [0.15, 0.2) is 0 Å². The van der Waals surface area contributed by atoms with E-state index < -0.39 is 10.0 Å². The normalized spacial score (nSPS) is 14.5. The van der Waals surface area contributed by atoms with Crippen LogP contribution < -0.4 is 10.2 Å². The van der Waals surface area contributed by atoms with Crippen LogP contribution >= 0.6 is 24.8 Å². The highest BCUT2D eigenvalue weighted by Crippen LogP contribution is 2.30. The quantitative estimate of drug-likeness (QED) is 0.716. The fraction of sp³-hybridized carbons (Fsp3) is 0.222. The number of piperazine rings is 1. The average molecular weight is 414 g/mol. The fourth-order valence-corrected chi connectivity index (χ4v) is 4.59. The van der Waals surface area contributed by atoms with E-state index in [1.54, 1.807) is 30.5 Å². The van der Waals surface area contributed by atoms with Crippen molar-refractivity contribution in [2.24, 2.45) is 0 Å². The van der Waals surface area contributed by atoms with Crippen LogP contribution in [0.3, 0.4) is 0 Å². The summed E-state index contributed by atoms with van der Waals surface area (Å²) in [4.78, 5) is 2.60. The third-order valence-corrected chi connectivity index (χ3v) is 6.14. The molecule has 0 saturated carbocycles. The fourth-order valence-electron chi connectivity index (χ4n) is 3.22. The second-order valence-electron chi connectivity index (χ2n) is 5.88. The number of aromatic nitrogens is 1. The predicted octanol–water partition coefficient (Wildman–Crippen LogP) is 3.13. The molecule has 5 nitrogen and oxygen atoms in total. The molecule has 0 bridgehead atoms. The van der Waals surface area contributed by atoms with Gasteiger partial charge >= 0.3 is 0 Å². The molecule has 1 fully saturated rings. The van der Waals surface area contributed by atoms with E-state index in [0.29, 0.717) is 4.90 Å². The molecule has 0 atom stereocenters. The lowest BCUT2D eigenvalue weighted by molar-refractivity contribution is 0.588. The zero-order valence-electron chi connectivity index (χ0n) is 14.0. The van der Waals surface area contributed by atoms with Gasteiger partial charge in [-0.1, -0.05) is 24.3 Å². The minimum Gasteiger partial charge on any atom is -0.368 e. The SMILES string of the molecule is Cl.Cl.O=S(=O)(c1ccccc1)n1ccc2c(N3CCNCC3)cccc21. The van der Waals surface area contributed by atoms with Crippen LogP contribution in [-0.2, 0) is 10.0 Å². The first-order valence-electron chi connectivity index (χ1n) is 8.04. The molecule has 140 valence electrons. The Morgan fingerprint density at radius 3 is 2.23 bits per heavy atom. The van der Waals surface area contributed by atoms with Crippen molar-refractivity contribution in [3.63, 3.8) is 0 Å². The van der Waals surface area contributed by atoms with Crippen LogP contribution in [0.4, 0.5) is 5.69 Å². The second kappa shape index (κ2) is 8.31. The van der Waals surface area contributed by atoms with Crippen LogP contribution in [0.15, 0.2) is 65.7 Å². The largest absolute Gasteiger partial charge is 0.368 e. The van der Waals surface area contributed by atoms with Crippen molar-refractivity contribution in [3.8, 4) is 0 Å². The lowest BCUT2D eigenvalue weighted by Crippen LogP contribution is -2.43. The Labute approximate surface area is 165 Å². The maximum atomic E-state index is 12.9. The Kier molecular flexibility index (Phi) is 6.58. The highest BCUT2D eigenvalue weighted by Gasteiger charge is 2.21. The summed E-state index contributed by atoms with van der Waals surface area (Å²) >= 11 is 0. The molecule has 0 unspecified atom stereocenters. The summed E-state index contributed by atoms with van der Waals surface area (Å²) in [6.07, 6.45) is 1.65. The van der Waals surface area contributed by atoms with Gasteiger partial charge in [0.25, 0.3) is 10.0 Å². The van der Waals surface area contributed by atoms with Crippen LogP contribution in [-0.4, -0.2) is 38.6 Å². The first-order chi connectivity index (χ1) is 11.7. The van der Waals surface area contributed by atoms with Gasteiger partial charge in [-0.2, -0.15) is 0 Å². The van der Waals surface area contributed by atoms with Gasteiger partial charge in [-0.3, -0.25) is 0 Å². The van der Waals surface area contributed by atoms with Crippen molar-refractivity contribution in [2.45, 2.75) is 4.90 Å². The monoisotopic (exact) mass is 413 g/mol. The van der Waals surface area contributed by atoms with Gasteiger partial charge in [0.1, 0.15) is 0 Å². The first kappa shape index (κ1) is 20.6. The molecule has 1 saturated heterocycles. The maximum absolute atomic E-state index is 12.9. The summed E-state index contributed by atoms with van der Waals surface area (Å²) in [5.74, 6) is 0. The third-order valence-electron chi connectivity index (χ3n) is 4.43. The molecule has 3 aromatic rings. The van der Waals surface area contributed by atoms with Crippen molar-refractivity contribution in [1.82, 2.24) is 9.29 Å². The number of nitrogens with zero attached hydrogens (tertiary/aromatic N) is 2. The van der Waals surface area contributed by atoms with Crippen LogP contribution in [0.1, 0.15) is 0 Å². The van der Waals surface area contributed by atoms with Gasteiger partial charge in [0, 0.05) is 43.4 Å². The van der Waals surface area contributed by atoms with Gasteiger partial charge in [-0.05, 0) is 30.3 Å². The Hall–Kier alpha value is -1.73. The molecule has 8 heteroatoms. The lowest BCUT2D eigenvalue weighted by atomic mass is 10.2. The first-order valence-corrected chi connectivity index (χ1v) is 9.48. The van der Waals surface area contributed by atoms with E-state index >= 15 is 0 Å². The Morgan fingerprint density at radius 2 is 1.54 bits per heavy atom. The number of benzene rings is 2. The number of hydrogen-bond donors (Lipinski definition) is 1. The number of hydrogen-bond acceptors (Lipinski definition) is 4.